The lowest BCUT2D eigenvalue weighted by Crippen LogP contribution is -3.00. The number of benzene rings is 1. The number of amides is 1. The van der Waals surface area contributed by atoms with Crippen LogP contribution in [0, 0.1) is 0 Å². The topological polar surface area (TPSA) is 209 Å². The second kappa shape index (κ2) is 13.4. The predicted octanol–water partition coefficient (Wildman–Crippen LogP) is -5.41. The first-order chi connectivity index (χ1) is 17.6. The maximum absolute atomic E-state index is 12.7. The number of aliphatic carboxylic acids is 1. The second-order valence-corrected chi connectivity index (χ2v) is 9.57. The summed E-state index contributed by atoms with van der Waals surface area (Å²) in [7, 11) is -4.14. The summed E-state index contributed by atoms with van der Waals surface area (Å²) in [6.45, 7) is 0.302. The highest BCUT2D eigenvalue weighted by atomic mass is 35.5. The van der Waals surface area contributed by atoms with Gasteiger partial charge in [-0.3, -0.25) is 35.2 Å². The highest BCUT2D eigenvalue weighted by Crippen LogP contribution is 2.15. The lowest BCUT2D eigenvalue weighted by atomic mass is 10.2. The fourth-order valence-electron chi connectivity index (χ4n) is 3.26. The lowest BCUT2D eigenvalue weighted by Gasteiger charge is -2.16. The largest absolute Gasteiger partial charge is 1.00 e. The van der Waals surface area contributed by atoms with E-state index >= 15 is 0 Å². The SMILES string of the molecule is NC(N)=[NH+]CCCOc1ccn2c(=O)cc(C(=O)NC[C@H](NS(=O)(=O)c3ccccc3)C(=O)O)cc2c1.[Cl-]. The molecule has 15 heteroatoms. The number of hydrogen-bond donors (Lipinski definition) is 6. The van der Waals surface area contributed by atoms with Gasteiger partial charge in [0.25, 0.3) is 11.5 Å². The molecule has 13 nitrogen and oxygen atoms in total. The molecule has 0 aliphatic carbocycles. The molecular weight excluding hydrogens is 540 g/mol. The van der Waals surface area contributed by atoms with Crippen molar-refractivity contribution in [3.63, 3.8) is 0 Å². The smallest absolute Gasteiger partial charge is 0.338 e. The Bertz CT molecular complexity index is 1470. The number of nitrogens with two attached hydrogens (primary N) is 2. The number of guanidine groups is 1. The molecule has 0 bridgehead atoms. The van der Waals surface area contributed by atoms with Crippen LogP contribution >= 0.6 is 0 Å². The van der Waals surface area contributed by atoms with E-state index in [4.69, 9.17) is 16.2 Å². The van der Waals surface area contributed by atoms with Crippen LogP contribution < -0.4 is 49.2 Å². The minimum atomic E-state index is -4.14. The number of ether oxygens (including phenoxy) is 1. The molecule has 0 unspecified atom stereocenters. The van der Waals surface area contributed by atoms with Gasteiger partial charge in [0.2, 0.25) is 10.0 Å². The van der Waals surface area contributed by atoms with Crippen LogP contribution in [0.2, 0.25) is 0 Å². The van der Waals surface area contributed by atoms with Gasteiger partial charge in [-0.05, 0) is 24.3 Å². The Balaban J connectivity index is 0.00000507. The summed E-state index contributed by atoms with van der Waals surface area (Å²) >= 11 is 0. The molecule has 204 valence electrons. The first kappa shape index (κ1) is 30.1. The highest BCUT2D eigenvalue weighted by molar-refractivity contribution is 7.89. The van der Waals surface area contributed by atoms with Crippen LogP contribution in [0.1, 0.15) is 16.8 Å². The number of sulfonamides is 1. The molecule has 0 saturated carbocycles. The number of aromatic nitrogens is 1. The number of halogens is 1. The van der Waals surface area contributed by atoms with Crippen molar-refractivity contribution < 1.29 is 45.2 Å². The number of nitrogens with zero attached hydrogens (tertiary/aromatic N) is 1. The molecule has 0 spiro atoms. The Labute approximate surface area is 224 Å². The predicted molar refractivity (Wildman–Crippen MR) is 134 cm³/mol. The van der Waals surface area contributed by atoms with E-state index < -0.39 is 40.0 Å². The minimum absolute atomic E-state index is 0. The third-order valence-electron chi connectivity index (χ3n) is 5.07. The maximum atomic E-state index is 12.7. The summed E-state index contributed by atoms with van der Waals surface area (Å²) in [6, 6.07) is 11.3. The molecule has 38 heavy (non-hydrogen) atoms. The molecule has 0 radical (unpaired) electrons. The monoisotopic (exact) mass is 566 g/mol. The van der Waals surface area contributed by atoms with E-state index in [2.05, 4.69) is 15.0 Å². The lowest BCUT2D eigenvalue weighted by molar-refractivity contribution is -0.460. The zero-order valence-corrected chi connectivity index (χ0v) is 21.5. The fourth-order valence-corrected chi connectivity index (χ4v) is 4.47. The molecule has 1 atom stereocenters. The molecule has 2 heterocycles. The Kier molecular flexibility index (Phi) is 10.6. The first-order valence-corrected chi connectivity index (χ1v) is 12.5. The molecule has 1 aromatic carbocycles. The van der Waals surface area contributed by atoms with E-state index in [1.54, 1.807) is 18.2 Å². The number of carboxylic acid groups (broad SMARTS) is 1. The third-order valence-corrected chi connectivity index (χ3v) is 6.56. The van der Waals surface area contributed by atoms with E-state index in [9.17, 15) is 27.9 Å². The molecule has 0 aliphatic heterocycles. The maximum Gasteiger partial charge on any atom is 0.338 e. The summed E-state index contributed by atoms with van der Waals surface area (Å²) < 4.78 is 33.9. The van der Waals surface area contributed by atoms with E-state index in [0.717, 1.165) is 6.07 Å². The van der Waals surface area contributed by atoms with E-state index in [-0.39, 0.29) is 28.8 Å². The number of carbonyl (C=O) groups is 2. The van der Waals surface area contributed by atoms with E-state index in [0.29, 0.717) is 30.8 Å². The number of carboxylic acids is 1. The Morgan fingerprint density at radius 2 is 1.82 bits per heavy atom. The van der Waals surface area contributed by atoms with Crippen molar-refractivity contribution in [1.82, 2.24) is 14.4 Å². The first-order valence-electron chi connectivity index (χ1n) is 11.1. The number of nitrogens with one attached hydrogen (secondary N) is 3. The van der Waals surface area contributed by atoms with Gasteiger partial charge in [-0.1, -0.05) is 18.2 Å². The Morgan fingerprint density at radius 3 is 2.47 bits per heavy atom. The van der Waals surface area contributed by atoms with E-state index in [1.807, 2.05) is 0 Å². The van der Waals surface area contributed by atoms with Crippen molar-refractivity contribution in [2.24, 2.45) is 11.5 Å². The number of rotatable bonds is 12. The molecule has 0 fully saturated rings. The minimum Gasteiger partial charge on any atom is -1.00 e. The molecular formula is C23H27ClN6O7S. The van der Waals surface area contributed by atoms with Gasteiger partial charge in [-0.15, -0.1) is 0 Å². The Morgan fingerprint density at radius 1 is 1.11 bits per heavy atom. The van der Waals surface area contributed by atoms with Gasteiger partial charge in [-0.25, -0.2) is 8.42 Å². The van der Waals surface area contributed by atoms with Gasteiger partial charge in [0.05, 0.1) is 23.6 Å². The standard InChI is InChI=1S/C23H26N6O7S.ClH/c24-23(25)26-8-4-10-36-17-7-9-29-16(13-17)11-15(12-20(29)30)21(31)27-14-19(22(32)33)28-37(34,35)18-5-2-1-3-6-18;/h1-3,5-7,9,11-13,19,28H,4,8,10,14H2,(H,27,31)(H,32,33)(H4,24,25,26);1H/t19-;/m0./s1. The van der Waals surface area contributed by atoms with Crippen LogP contribution in [0.15, 0.2) is 70.5 Å². The average molecular weight is 567 g/mol. The fraction of sp³-hybridized carbons (Fsp3) is 0.217. The number of fused-ring (bicyclic) bond motifs is 1. The van der Waals surface area contributed by atoms with Crippen molar-refractivity contribution in [3.8, 4) is 5.75 Å². The van der Waals surface area contributed by atoms with Crippen LogP contribution in [0.3, 0.4) is 0 Å². The number of pyridine rings is 2. The highest BCUT2D eigenvalue weighted by Gasteiger charge is 2.26. The van der Waals surface area contributed by atoms with Crippen LogP contribution in [0.25, 0.3) is 5.52 Å². The molecule has 0 saturated heterocycles. The van der Waals surface area contributed by atoms with Crippen molar-refractivity contribution in [2.45, 2.75) is 17.4 Å². The van der Waals surface area contributed by atoms with Crippen LogP contribution in [0.5, 0.6) is 5.75 Å². The zero-order valence-electron chi connectivity index (χ0n) is 20.0. The molecule has 1 amide bonds. The van der Waals surface area contributed by atoms with Gasteiger partial charge in [0.15, 0.2) is 0 Å². The molecule has 3 rings (SSSR count). The summed E-state index contributed by atoms with van der Waals surface area (Å²) in [5, 5.41) is 11.8. The zero-order chi connectivity index (χ0) is 27.0. The molecule has 3 aromatic rings. The summed E-state index contributed by atoms with van der Waals surface area (Å²) in [6.07, 6.45) is 2.11. The normalized spacial score (nSPS) is 11.7. The van der Waals surface area contributed by atoms with Crippen molar-refractivity contribution >= 4 is 33.4 Å². The average Bonchev–Trinajstić information content (AvgIpc) is 2.86. The van der Waals surface area contributed by atoms with Crippen LogP contribution in [-0.2, 0) is 14.8 Å². The number of carbonyl (C=O) groups excluding carboxylic acids is 1. The quantitative estimate of drug-likeness (QED) is 0.0701. The number of hydrogen-bond acceptors (Lipinski definition) is 6. The Hall–Kier alpha value is -4.14. The second-order valence-electron chi connectivity index (χ2n) is 7.86. The van der Waals surface area contributed by atoms with Crippen molar-refractivity contribution in [3.05, 3.63) is 76.7 Å². The molecule has 0 aliphatic rings. The molecule has 8 N–H and O–H groups in total. The van der Waals surface area contributed by atoms with Gasteiger partial charge in [-0.2, -0.15) is 4.72 Å². The van der Waals surface area contributed by atoms with Gasteiger partial charge < -0.3 is 27.6 Å². The summed E-state index contributed by atoms with van der Waals surface area (Å²) in [5.41, 5.74) is 10.5. The van der Waals surface area contributed by atoms with Crippen molar-refractivity contribution in [1.29, 1.82) is 0 Å². The van der Waals surface area contributed by atoms with Gasteiger partial charge >= 0.3 is 11.9 Å². The van der Waals surface area contributed by atoms with E-state index in [1.165, 1.54) is 40.9 Å². The van der Waals surface area contributed by atoms with Crippen molar-refractivity contribution in [2.75, 3.05) is 19.7 Å². The van der Waals surface area contributed by atoms with Gasteiger partial charge in [0, 0.05) is 36.9 Å². The summed E-state index contributed by atoms with van der Waals surface area (Å²) in [5.74, 6) is -1.66. The molecule has 2 aromatic heterocycles. The van der Waals surface area contributed by atoms with Crippen LogP contribution in [-0.4, -0.2) is 61.5 Å². The summed E-state index contributed by atoms with van der Waals surface area (Å²) in [4.78, 5) is 39.5. The van der Waals surface area contributed by atoms with Gasteiger partial charge in [0.1, 0.15) is 11.8 Å². The van der Waals surface area contributed by atoms with Crippen LogP contribution in [0.4, 0.5) is 0 Å². The third kappa shape index (κ3) is 8.19.